The van der Waals surface area contributed by atoms with Gasteiger partial charge in [-0.15, -0.1) is 0 Å². The summed E-state index contributed by atoms with van der Waals surface area (Å²) in [5.41, 5.74) is 4.80. The van der Waals surface area contributed by atoms with Crippen molar-refractivity contribution < 1.29 is 0 Å². The van der Waals surface area contributed by atoms with E-state index >= 15 is 0 Å². The molecule has 0 aromatic heterocycles. The van der Waals surface area contributed by atoms with Gasteiger partial charge in [-0.3, -0.25) is 0 Å². The summed E-state index contributed by atoms with van der Waals surface area (Å²) < 4.78 is 0. The lowest BCUT2D eigenvalue weighted by molar-refractivity contribution is 0.258. The molecule has 1 unspecified atom stereocenters. The highest BCUT2D eigenvalue weighted by Crippen LogP contribution is 2.40. The summed E-state index contributed by atoms with van der Waals surface area (Å²) in [5, 5.41) is 3.79. The van der Waals surface area contributed by atoms with Crippen LogP contribution in [0.15, 0.2) is 18.2 Å². The Labute approximate surface area is 118 Å². The molecule has 1 aromatic carbocycles. The summed E-state index contributed by atoms with van der Waals surface area (Å²) >= 11 is 0. The van der Waals surface area contributed by atoms with E-state index in [1.807, 2.05) is 0 Å². The molecule has 1 fully saturated rings. The van der Waals surface area contributed by atoms with Crippen molar-refractivity contribution in [3.8, 4) is 0 Å². The van der Waals surface area contributed by atoms with E-state index in [1.165, 1.54) is 55.3 Å². The molecule has 1 aromatic rings. The van der Waals surface area contributed by atoms with Gasteiger partial charge in [-0.05, 0) is 56.6 Å². The molecule has 19 heavy (non-hydrogen) atoms. The smallest absolute Gasteiger partial charge is 0.0294 e. The molecule has 1 N–H and O–H groups in total. The third-order valence-corrected chi connectivity index (χ3v) is 5.09. The van der Waals surface area contributed by atoms with Crippen molar-refractivity contribution in [2.24, 2.45) is 5.41 Å². The third-order valence-electron chi connectivity index (χ3n) is 5.09. The number of benzene rings is 1. The van der Waals surface area contributed by atoms with Gasteiger partial charge in [-0.1, -0.05) is 43.5 Å². The molecule has 2 rings (SSSR count). The predicted molar refractivity (Wildman–Crippen MR) is 83.5 cm³/mol. The second-order valence-corrected chi connectivity index (χ2v) is 6.52. The fourth-order valence-electron chi connectivity index (χ4n) is 3.57. The van der Waals surface area contributed by atoms with Crippen molar-refractivity contribution in [1.82, 2.24) is 5.32 Å². The number of aryl methyl sites for hydroxylation is 2. The maximum absolute atomic E-state index is 3.79. The lowest BCUT2D eigenvalue weighted by Gasteiger charge is -2.30. The van der Waals surface area contributed by atoms with Crippen molar-refractivity contribution in [1.29, 1.82) is 0 Å². The first kappa shape index (κ1) is 14.6. The first-order chi connectivity index (χ1) is 9.06. The molecule has 0 spiro atoms. The van der Waals surface area contributed by atoms with Gasteiger partial charge in [0.2, 0.25) is 0 Å². The van der Waals surface area contributed by atoms with Crippen LogP contribution in [0.3, 0.4) is 0 Å². The van der Waals surface area contributed by atoms with Crippen LogP contribution in [0, 0.1) is 19.3 Å². The Bertz CT molecular complexity index is 416. The Morgan fingerprint density at radius 1 is 1.21 bits per heavy atom. The van der Waals surface area contributed by atoms with Crippen molar-refractivity contribution in [3.63, 3.8) is 0 Å². The Hall–Kier alpha value is -0.820. The summed E-state index contributed by atoms with van der Waals surface area (Å²) in [6.45, 7) is 10.2. The van der Waals surface area contributed by atoms with Crippen LogP contribution < -0.4 is 5.32 Å². The number of hydrogen-bond acceptors (Lipinski definition) is 1. The molecule has 0 saturated heterocycles. The molecule has 0 amide bonds. The van der Waals surface area contributed by atoms with Crippen molar-refractivity contribution >= 4 is 0 Å². The SMILES string of the molecule is CCC1(CNC(C)c2ccc(C)cc2C)CCCC1. The summed E-state index contributed by atoms with van der Waals surface area (Å²) in [5.74, 6) is 0. The van der Waals surface area contributed by atoms with Crippen LogP contribution in [0.5, 0.6) is 0 Å². The van der Waals surface area contributed by atoms with E-state index in [2.05, 4.69) is 51.2 Å². The van der Waals surface area contributed by atoms with Gasteiger partial charge in [0.05, 0.1) is 0 Å². The van der Waals surface area contributed by atoms with Crippen LogP contribution in [0.1, 0.15) is 68.7 Å². The molecule has 0 heterocycles. The van der Waals surface area contributed by atoms with Gasteiger partial charge in [0.1, 0.15) is 0 Å². The predicted octanol–water partition coefficient (Wildman–Crippen LogP) is 4.92. The number of nitrogens with one attached hydrogen (secondary N) is 1. The zero-order valence-corrected chi connectivity index (χ0v) is 13.1. The lowest BCUT2D eigenvalue weighted by atomic mass is 9.83. The van der Waals surface area contributed by atoms with E-state index in [1.54, 1.807) is 0 Å². The fraction of sp³-hybridized carbons (Fsp3) is 0.667. The van der Waals surface area contributed by atoms with Crippen molar-refractivity contribution in [3.05, 3.63) is 34.9 Å². The molecule has 1 atom stereocenters. The van der Waals surface area contributed by atoms with Crippen LogP contribution in [0.4, 0.5) is 0 Å². The molecule has 1 aliphatic rings. The first-order valence-electron chi connectivity index (χ1n) is 7.87. The maximum atomic E-state index is 3.79. The normalized spacial score (nSPS) is 19.6. The molecule has 1 nitrogen and oxygen atoms in total. The van der Waals surface area contributed by atoms with E-state index in [-0.39, 0.29) is 0 Å². The fourth-order valence-corrected chi connectivity index (χ4v) is 3.57. The Balaban J connectivity index is 1.99. The second kappa shape index (κ2) is 6.09. The van der Waals surface area contributed by atoms with Crippen LogP contribution in [-0.4, -0.2) is 6.54 Å². The highest BCUT2D eigenvalue weighted by Gasteiger charge is 2.31. The molecule has 0 radical (unpaired) electrons. The van der Waals surface area contributed by atoms with E-state index in [4.69, 9.17) is 0 Å². The van der Waals surface area contributed by atoms with E-state index < -0.39 is 0 Å². The van der Waals surface area contributed by atoms with Gasteiger partial charge in [-0.2, -0.15) is 0 Å². The Morgan fingerprint density at radius 3 is 2.47 bits per heavy atom. The molecule has 1 saturated carbocycles. The van der Waals surface area contributed by atoms with Gasteiger partial charge in [0, 0.05) is 12.6 Å². The molecule has 0 bridgehead atoms. The van der Waals surface area contributed by atoms with Crippen LogP contribution >= 0.6 is 0 Å². The largest absolute Gasteiger partial charge is 0.310 e. The minimum Gasteiger partial charge on any atom is -0.310 e. The van der Waals surface area contributed by atoms with Crippen LogP contribution in [-0.2, 0) is 0 Å². The van der Waals surface area contributed by atoms with Gasteiger partial charge in [0.15, 0.2) is 0 Å². The number of hydrogen-bond donors (Lipinski definition) is 1. The van der Waals surface area contributed by atoms with E-state index in [9.17, 15) is 0 Å². The third kappa shape index (κ3) is 3.39. The second-order valence-electron chi connectivity index (χ2n) is 6.52. The van der Waals surface area contributed by atoms with Crippen LogP contribution in [0.25, 0.3) is 0 Å². The maximum Gasteiger partial charge on any atom is 0.0294 e. The van der Waals surface area contributed by atoms with Gasteiger partial charge < -0.3 is 5.32 Å². The molecule has 0 aliphatic heterocycles. The average Bonchev–Trinajstić information content (AvgIpc) is 2.85. The minimum absolute atomic E-state index is 0.463. The Morgan fingerprint density at radius 2 is 1.89 bits per heavy atom. The van der Waals surface area contributed by atoms with E-state index in [0.29, 0.717) is 11.5 Å². The first-order valence-corrected chi connectivity index (χ1v) is 7.87. The van der Waals surface area contributed by atoms with Gasteiger partial charge >= 0.3 is 0 Å². The lowest BCUT2D eigenvalue weighted by Crippen LogP contribution is -2.33. The zero-order chi connectivity index (χ0) is 13.9. The highest BCUT2D eigenvalue weighted by atomic mass is 14.9. The summed E-state index contributed by atoms with van der Waals surface area (Å²) in [6, 6.07) is 7.27. The highest BCUT2D eigenvalue weighted by molar-refractivity contribution is 5.32. The number of rotatable bonds is 5. The van der Waals surface area contributed by atoms with Gasteiger partial charge in [0.25, 0.3) is 0 Å². The van der Waals surface area contributed by atoms with Crippen molar-refractivity contribution in [2.45, 2.75) is 65.8 Å². The molecular formula is C18H29N. The summed E-state index contributed by atoms with van der Waals surface area (Å²) in [6.07, 6.45) is 6.99. The minimum atomic E-state index is 0.463. The molecular weight excluding hydrogens is 230 g/mol. The Kier molecular flexibility index (Phi) is 4.67. The van der Waals surface area contributed by atoms with E-state index in [0.717, 1.165) is 0 Å². The quantitative estimate of drug-likeness (QED) is 0.791. The molecule has 1 heteroatoms. The average molecular weight is 259 g/mol. The zero-order valence-electron chi connectivity index (χ0n) is 13.1. The van der Waals surface area contributed by atoms with Crippen molar-refractivity contribution in [2.75, 3.05) is 6.54 Å². The summed E-state index contributed by atoms with van der Waals surface area (Å²) in [4.78, 5) is 0. The standard InChI is InChI=1S/C18H29N/c1-5-18(10-6-7-11-18)13-19-16(4)17-9-8-14(2)12-15(17)3/h8-9,12,16,19H,5-7,10-11,13H2,1-4H3. The topological polar surface area (TPSA) is 12.0 Å². The monoisotopic (exact) mass is 259 g/mol. The van der Waals surface area contributed by atoms with Crippen LogP contribution in [0.2, 0.25) is 0 Å². The van der Waals surface area contributed by atoms with Gasteiger partial charge in [-0.25, -0.2) is 0 Å². The molecule has 1 aliphatic carbocycles. The molecule has 106 valence electrons. The summed E-state index contributed by atoms with van der Waals surface area (Å²) in [7, 11) is 0.